The Kier molecular flexibility index (Phi) is 5.07. The minimum atomic E-state index is 0.114. The molecule has 1 aromatic rings. The second-order valence-electron chi connectivity index (χ2n) is 5.99. The van der Waals surface area contributed by atoms with E-state index in [0.717, 1.165) is 11.3 Å². The van der Waals surface area contributed by atoms with Gasteiger partial charge in [-0.15, -0.1) is 0 Å². The van der Waals surface area contributed by atoms with E-state index in [1.54, 1.807) is 13.2 Å². The average molecular weight is 291 g/mol. The molecule has 0 unspecified atom stereocenters. The Balaban J connectivity index is 2.13. The van der Waals surface area contributed by atoms with Crippen molar-refractivity contribution < 1.29 is 9.94 Å². The molecule has 1 fully saturated rings. The largest absolute Gasteiger partial charge is 0.496 e. The Hall–Kier alpha value is -1.75. The van der Waals surface area contributed by atoms with Gasteiger partial charge in [-0.3, -0.25) is 0 Å². The molecule has 0 atom stereocenters. The molecule has 0 saturated heterocycles. The van der Waals surface area contributed by atoms with Crippen LogP contribution in [-0.2, 0) is 6.54 Å². The van der Waals surface area contributed by atoms with Gasteiger partial charge in [0.2, 0.25) is 0 Å². The van der Waals surface area contributed by atoms with E-state index in [2.05, 4.69) is 17.4 Å². The molecule has 1 aliphatic rings. The van der Waals surface area contributed by atoms with Gasteiger partial charge in [-0.2, -0.15) is 0 Å². The maximum Gasteiger partial charge on any atom is 0.170 e. The van der Waals surface area contributed by atoms with E-state index in [9.17, 15) is 0 Å². The minimum Gasteiger partial charge on any atom is -0.496 e. The Labute approximate surface area is 126 Å². The Morgan fingerprint density at radius 1 is 1.38 bits per heavy atom. The number of rotatable bonds is 5. The van der Waals surface area contributed by atoms with Crippen LogP contribution in [0.4, 0.5) is 0 Å². The third-order valence-electron chi connectivity index (χ3n) is 4.35. The molecule has 5 heteroatoms. The summed E-state index contributed by atoms with van der Waals surface area (Å²) in [7, 11) is 1.66. The Morgan fingerprint density at radius 2 is 2.10 bits per heavy atom. The first kappa shape index (κ1) is 15.6. The van der Waals surface area contributed by atoms with E-state index < -0.39 is 0 Å². The van der Waals surface area contributed by atoms with Crippen molar-refractivity contribution in [3.63, 3.8) is 0 Å². The summed E-state index contributed by atoms with van der Waals surface area (Å²) in [6.45, 7) is 3.00. The standard InChI is InChI=1S/C16H25N3O2/c1-16(8-4-3-5-9-16)18-11-13-10-12(15(17)19-20)6-7-14(13)21-2/h6-7,10,18,20H,3-5,8-9,11H2,1-2H3,(H2,17,19). The number of oxime groups is 1. The number of nitrogens with two attached hydrogens (primary N) is 1. The summed E-state index contributed by atoms with van der Waals surface area (Å²) in [5.41, 5.74) is 7.57. The molecule has 0 heterocycles. The van der Waals surface area contributed by atoms with E-state index >= 15 is 0 Å². The molecule has 0 aliphatic heterocycles. The van der Waals surface area contributed by atoms with Crippen LogP contribution in [0.2, 0.25) is 0 Å². The fourth-order valence-corrected chi connectivity index (χ4v) is 2.95. The SMILES string of the molecule is COc1ccc(/C(N)=N/O)cc1CNC1(C)CCCCC1. The highest BCUT2D eigenvalue weighted by Crippen LogP contribution is 2.29. The van der Waals surface area contributed by atoms with E-state index in [1.807, 2.05) is 12.1 Å². The van der Waals surface area contributed by atoms with Crippen LogP contribution in [-0.4, -0.2) is 23.7 Å². The Morgan fingerprint density at radius 3 is 2.71 bits per heavy atom. The summed E-state index contributed by atoms with van der Waals surface area (Å²) >= 11 is 0. The van der Waals surface area contributed by atoms with Crippen molar-refractivity contribution in [3.8, 4) is 5.75 Å². The fourth-order valence-electron chi connectivity index (χ4n) is 2.95. The first-order chi connectivity index (χ1) is 10.1. The zero-order chi connectivity index (χ0) is 15.3. The van der Waals surface area contributed by atoms with Crippen molar-refractivity contribution in [2.24, 2.45) is 10.9 Å². The number of ether oxygens (including phenoxy) is 1. The molecule has 0 spiro atoms. The van der Waals surface area contributed by atoms with Crippen LogP contribution in [0.5, 0.6) is 5.75 Å². The van der Waals surface area contributed by atoms with Gasteiger partial charge in [-0.05, 0) is 38.0 Å². The topological polar surface area (TPSA) is 79.9 Å². The quantitative estimate of drug-likeness (QED) is 0.337. The molecular weight excluding hydrogens is 266 g/mol. The molecule has 0 amide bonds. The zero-order valence-corrected chi connectivity index (χ0v) is 12.9. The zero-order valence-electron chi connectivity index (χ0n) is 12.9. The lowest BCUT2D eigenvalue weighted by Gasteiger charge is -2.35. The second kappa shape index (κ2) is 6.80. The van der Waals surface area contributed by atoms with Crippen LogP contribution >= 0.6 is 0 Å². The molecule has 116 valence electrons. The first-order valence-electron chi connectivity index (χ1n) is 7.48. The van der Waals surface area contributed by atoms with Crippen molar-refractivity contribution in [2.45, 2.75) is 51.1 Å². The Bertz CT molecular complexity index is 508. The summed E-state index contributed by atoms with van der Waals surface area (Å²) in [5.74, 6) is 0.930. The van der Waals surface area contributed by atoms with Crippen molar-refractivity contribution in [3.05, 3.63) is 29.3 Å². The van der Waals surface area contributed by atoms with Gasteiger partial charge in [0.1, 0.15) is 5.75 Å². The van der Waals surface area contributed by atoms with E-state index in [0.29, 0.717) is 12.1 Å². The van der Waals surface area contributed by atoms with Crippen LogP contribution in [0.15, 0.2) is 23.4 Å². The monoisotopic (exact) mass is 291 g/mol. The average Bonchev–Trinajstić information content (AvgIpc) is 2.52. The second-order valence-corrected chi connectivity index (χ2v) is 5.99. The lowest BCUT2D eigenvalue weighted by Crippen LogP contribution is -2.43. The predicted molar refractivity (Wildman–Crippen MR) is 83.8 cm³/mol. The highest BCUT2D eigenvalue weighted by molar-refractivity contribution is 5.97. The number of hydrogen-bond acceptors (Lipinski definition) is 4. The molecule has 1 aliphatic carbocycles. The number of nitrogens with one attached hydrogen (secondary N) is 1. The van der Waals surface area contributed by atoms with Crippen LogP contribution in [0.1, 0.15) is 50.2 Å². The fraction of sp³-hybridized carbons (Fsp3) is 0.562. The van der Waals surface area contributed by atoms with E-state index in [1.165, 1.54) is 32.1 Å². The van der Waals surface area contributed by atoms with Gasteiger partial charge < -0.3 is 21.0 Å². The van der Waals surface area contributed by atoms with Gasteiger partial charge in [0.15, 0.2) is 5.84 Å². The van der Waals surface area contributed by atoms with Crippen molar-refractivity contribution in [2.75, 3.05) is 7.11 Å². The molecule has 0 aromatic heterocycles. The third kappa shape index (κ3) is 3.88. The normalized spacial score (nSPS) is 18.5. The maximum atomic E-state index is 8.80. The lowest BCUT2D eigenvalue weighted by atomic mass is 9.83. The molecule has 1 saturated carbocycles. The lowest BCUT2D eigenvalue weighted by molar-refractivity contribution is 0.251. The van der Waals surface area contributed by atoms with E-state index in [-0.39, 0.29) is 11.4 Å². The molecule has 0 bridgehead atoms. The van der Waals surface area contributed by atoms with Gasteiger partial charge >= 0.3 is 0 Å². The van der Waals surface area contributed by atoms with Gasteiger partial charge in [0, 0.05) is 23.2 Å². The summed E-state index contributed by atoms with van der Waals surface area (Å²) in [4.78, 5) is 0. The minimum absolute atomic E-state index is 0.114. The van der Waals surface area contributed by atoms with Crippen molar-refractivity contribution in [1.82, 2.24) is 5.32 Å². The summed E-state index contributed by atoms with van der Waals surface area (Å²) in [5, 5.41) is 15.5. The first-order valence-corrected chi connectivity index (χ1v) is 7.48. The number of methoxy groups -OCH3 is 1. The van der Waals surface area contributed by atoms with Crippen LogP contribution in [0.25, 0.3) is 0 Å². The van der Waals surface area contributed by atoms with Gasteiger partial charge in [0.25, 0.3) is 0 Å². The van der Waals surface area contributed by atoms with Crippen molar-refractivity contribution in [1.29, 1.82) is 0 Å². The number of benzene rings is 1. The number of nitrogens with zero attached hydrogens (tertiary/aromatic N) is 1. The van der Waals surface area contributed by atoms with Crippen LogP contribution < -0.4 is 15.8 Å². The molecule has 21 heavy (non-hydrogen) atoms. The summed E-state index contributed by atoms with van der Waals surface area (Å²) in [6.07, 6.45) is 6.31. The third-order valence-corrected chi connectivity index (χ3v) is 4.35. The maximum absolute atomic E-state index is 8.80. The highest BCUT2D eigenvalue weighted by Gasteiger charge is 2.26. The van der Waals surface area contributed by atoms with Gasteiger partial charge in [-0.25, -0.2) is 0 Å². The summed E-state index contributed by atoms with van der Waals surface area (Å²) < 4.78 is 5.40. The molecule has 0 radical (unpaired) electrons. The summed E-state index contributed by atoms with van der Waals surface area (Å²) in [6, 6.07) is 5.56. The smallest absolute Gasteiger partial charge is 0.170 e. The molecule has 4 N–H and O–H groups in total. The molecule has 1 aromatic carbocycles. The molecular formula is C16H25N3O2. The van der Waals surface area contributed by atoms with Crippen molar-refractivity contribution >= 4 is 5.84 Å². The van der Waals surface area contributed by atoms with Gasteiger partial charge in [0.05, 0.1) is 7.11 Å². The van der Waals surface area contributed by atoms with Crippen LogP contribution in [0, 0.1) is 0 Å². The highest BCUT2D eigenvalue weighted by atomic mass is 16.5. The van der Waals surface area contributed by atoms with Gasteiger partial charge in [-0.1, -0.05) is 24.4 Å². The molecule has 2 rings (SSSR count). The van der Waals surface area contributed by atoms with E-state index in [4.69, 9.17) is 15.7 Å². The predicted octanol–water partition coefficient (Wildman–Crippen LogP) is 2.60. The number of hydrogen-bond donors (Lipinski definition) is 3. The molecule has 5 nitrogen and oxygen atoms in total. The number of amidine groups is 1. The van der Waals surface area contributed by atoms with Crippen LogP contribution in [0.3, 0.4) is 0 Å².